The van der Waals surface area contributed by atoms with Gasteiger partial charge in [-0.05, 0) is 37.0 Å². The number of halogens is 1. The largest absolute Gasteiger partial charge is 0.481 e. The normalized spacial score (nSPS) is 21.4. The standard InChI is InChI=1S/C14H17BrN2O3/c15-10-4-2-5-11(7-10)17-14(20)16-8-9-3-1-6-12(9)13(18)19/h2,4-5,7,9,12H,1,3,6,8H2,(H,18,19)(H2,16,17,20). The average Bonchev–Trinajstić information content (AvgIpc) is 2.85. The molecule has 1 saturated carbocycles. The van der Waals surface area contributed by atoms with E-state index in [0.717, 1.165) is 17.3 Å². The number of amides is 2. The third-order valence-corrected chi connectivity index (χ3v) is 4.08. The fourth-order valence-corrected chi connectivity index (χ4v) is 2.97. The van der Waals surface area contributed by atoms with E-state index in [1.54, 1.807) is 12.1 Å². The summed E-state index contributed by atoms with van der Waals surface area (Å²) in [5.74, 6) is -1.07. The van der Waals surface area contributed by atoms with Crippen LogP contribution in [0.25, 0.3) is 0 Å². The van der Waals surface area contributed by atoms with Gasteiger partial charge >= 0.3 is 12.0 Å². The Morgan fingerprint density at radius 1 is 1.35 bits per heavy atom. The number of nitrogens with one attached hydrogen (secondary N) is 2. The van der Waals surface area contributed by atoms with E-state index in [1.165, 1.54) is 0 Å². The molecule has 108 valence electrons. The molecule has 1 aromatic carbocycles. The Labute approximate surface area is 125 Å². The Balaban J connectivity index is 1.82. The number of benzene rings is 1. The summed E-state index contributed by atoms with van der Waals surface area (Å²) in [5, 5.41) is 14.6. The highest BCUT2D eigenvalue weighted by Crippen LogP contribution is 2.31. The van der Waals surface area contributed by atoms with Gasteiger partial charge < -0.3 is 15.7 Å². The molecule has 5 nitrogen and oxygen atoms in total. The zero-order valence-electron chi connectivity index (χ0n) is 10.9. The molecule has 0 aliphatic heterocycles. The molecule has 20 heavy (non-hydrogen) atoms. The third-order valence-electron chi connectivity index (χ3n) is 3.58. The SMILES string of the molecule is O=C(NCC1CCCC1C(=O)O)Nc1cccc(Br)c1. The lowest BCUT2D eigenvalue weighted by molar-refractivity contribution is -0.142. The van der Waals surface area contributed by atoms with Gasteiger partial charge in [-0.25, -0.2) is 4.79 Å². The number of hydrogen-bond donors (Lipinski definition) is 3. The Kier molecular flexibility index (Phi) is 5.00. The lowest BCUT2D eigenvalue weighted by atomic mass is 9.96. The molecule has 2 rings (SSSR count). The van der Waals surface area contributed by atoms with E-state index in [1.807, 2.05) is 12.1 Å². The number of hydrogen-bond acceptors (Lipinski definition) is 2. The van der Waals surface area contributed by atoms with Crippen LogP contribution in [0.4, 0.5) is 10.5 Å². The van der Waals surface area contributed by atoms with Crippen molar-refractivity contribution in [3.05, 3.63) is 28.7 Å². The van der Waals surface area contributed by atoms with Gasteiger partial charge in [0.1, 0.15) is 0 Å². The van der Waals surface area contributed by atoms with Crippen molar-refractivity contribution in [2.24, 2.45) is 11.8 Å². The predicted octanol–water partition coefficient (Wildman–Crippen LogP) is 3.07. The van der Waals surface area contributed by atoms with E-state index >= 15 is 0 Å². The van der Waals surface area contributed by atoms with Gasteiger partial charge in [-0.3, -0.25) is 4.79 Å². The van der Waals surface area contributed by atoms with Gasteiger partial charge in [0, 0.05) is 16.7 Å². The molecular weight excluding hydrogens is 324 g/mol. The lowest BCUT2D eigenvalue weighted by Crippen LogP contribution is -2.35. The molecular formula is C14H17BrN2O3. The number of carbonyl (C=O) groups is 2. The smallest absolute Gasteiger partial charge is 0.319 e. The van der Waals surface area contributed by atoms with Crippen LogP contribution in [-0.4, -0.2) is 23.7 Å². The first-order chi connectivity index (χ1) is 9.56. The fraction of sp³-hybridized carbons (Fsp3) is 0.429. The summed E-state index contributed by atoms with van der Waals surface area (Å²) in [4.78, 5) is 22.8. The summed E-state index contributed by atoms with van der Waals surface area (Å²) < 4.78 is 0.886. The molecule has 1 aliphatic carbocycles. The number of carbonyl (C=O) groups excluding carboxylic acids is 1. The third kappa shape index (κ3) is 3.96. The maximum atomic E-state index is 11.8. The first-order valence-corrected chi connectivity index (χ1v) is 7.39. The van der Waals surface area contributed by atoms with Crippen LogP contribution in [-0.2, 0) is 4.79 Å². The van der Waals surface area contributed by atoms with Crippen molar-refractivity contribution in [1.82, 2.24) is 5.32 Å². The van der Waals surface area contributed by atoms with Crippen LogP contribution in [0.1, 0.15) is 19.3 Å². The maximum Gasteiger partial charge on any atom is 0.319 e. The van der Waals surface area contributed by atoms with E-state index in [2.05, 4.69) is 26.6 Å². The zero-order valence-corrected chi connectivity index (χ0v) is 12.5. The van der Waals surface area contributed by atoms with Gasteiger partial charge in [-0.2, -0.15) is 0 Å². The molecule has 1 aromatic rings. The first-order valence-electron chi connectivity index (χ1n) is 6.59. The molecule has 2 atom stereocenters. The van der Waals surface area contributed by atoms with Crippen LogP contribution in [0.2, 0.25) is 0 Å². The second-order valence-corrected chi connectivity index (χ2v) is 5.90. The molecule has 0 saturated heterocycles. The van der Waals surface area contributed by atoms with Crippen LogP contribution >= 0.6 is 15.9 Å². The lowest BCUT2D eigenvalue weighted by Gasteiger charge is -2.16. The topological polar surface area (TPSA) is 78.4 Å². The summed E-state index contributed by atoms with van der Waals surface area (Å²) in [6.45, 7) is 0.400. The minimum atomic E-state index is -0.762. The van der Waals surface area contributed by atoms with Gasteiger partial charge in [0.25, 0.3) is 0 Å². The van der Waals surface area contributed by atoms with Gasteiger partial charge in [-0.15, -0.1) is 0 Å². The van der Waals surface area contributed by atoms with Crippen molar-refractivity contribution >= 4 is 33.6 Å². The van der Waals surface area contributed by atoms with Gasteiger partial charge in [0.05, 0.1) is 5.92 Å². The summed E-state index contributed by atoms with van der Waals surface area (Å²) in [7, 11) is 0. The quantitative estimate of drug-likeness (QED) is 0.788. The van der Waals surface area contributed by atoms with E-state index in [9.17, 15) is 9.59 Å². The van der Waals surface area contributed by atoms with E-state index < -0.39 is 5.97 Å². The van der Waals surface area contributed by atoms with Gasteiger partial charge in [-0.1, -0.05) is 28.4 Å². The number of rotatable bonds is 4. The number of carboxylic acid groups (broad SMARTS) is 1. The monoisotopic (exact) mass is 340 g/mol. The number of carboxylic acids is 1. The Morgan fingerprint density at radius 3 is 2.85 bits per heavy atom. The van der Waals surface area contributed by atoms with Gasteiger partial charge in [0.2, 0.25) is 0 Å². The highest BCUT2D eigenvalue weighted by molar-refractivity contribution is 9.10. The van der Waals surface area contributed by atoms with Crippen LogP contribution in [0.15, 0.2) is 28.7 Å². The molecule has 0 aromatic heterocycles. The van der Waals surface area contributed by atoms with E-state index in [4.69, 9.17) is 5.11 Å². The minimum Gasteiger partial charge on any atom is -0.481 e. The molecule has 6 heteroatoms. The molecule has 2 amide bonds. The van der Waals surface area contributed by atoms with Crippen LogP contribution in [0, 0.1) is 11.8 Å². The molecule has 3 N–H and O–H groups in total. The number of aliphatic carboxylic acids is 1. The van der Waals surface area contributed by atoms with Crippen molar-refractivity contribution in [1.29, 1.82) is 0 Å². The van der Waals surface area contributed by atoms with Crippen LogP contribution in [0.3, 0.4) is 0 Å². The highest BCUT2D eigenvalue weighted by Gasteiger charge is 2.32. The summed E-state index contributed by atoms with van der Waals surface area (Å²) in [6.07, 6.45) is 2.47. The van der Waals surface area contributed by atoms with Crippen molar-refractivity contribution in [2.45, 2.75) is 19.3 Å². The Morgan fingerprint density at radius 2 is 2.15 bits per heavy atom. The van der Waals surface area contributed by atoms with Gasteiger partial charge in [0.15, 0.2) is 0 Å². The van der Waals surface area contributed by atoms with Crippen LogP contribution < -0.4 is 10.6 Å². The molecule has 1 fully saturated rings. The van der Waals surface area contributed by atoms with Crippen molar-refractivity contribution < 1.29 is 14.7 Å². The second kappa shape index (κ2) is 6.74. The fourth-order valence-electron chi connectivity index (χ4n) is 2.57. The summed E-state index contributed by atoms with van der Waals surface area (Å²) >= 11 is 3.33. The molecule has 2 unspecified atom stereocenters. The molecule has 0 spiro atoms. The molecule has 0 bridgehead atoms. The Bertz CT molecular complexity index is 507. The second-order valence-electron chi connectivity index (χ2n) is 4.98. The molecule has 1 aliphatic rings. The Hall–Kier alpha value is -1.56. The van der Waals surface area contributed by atoms with Crippen molar-refractivity contribution in [3.8, 4) is 0 Å². The van der Waals surface area contributed by atoms with E-state index in [-0.39, 0.29) is 17.9 Å². The zero-order chi connectivity index (χ0) is 14.5. The van der Waals surface area contributed by atoms with Crippen molar-refractivity contribution in [2.75, 3.05) is 11.9 Å². The predicted molar refractivity (Wildman–Crippen MR) is 79.6 cm³/mol. The van der Waals surface area contributed by atoms with Crippen LogP contribution in [0.5, 0.6) is 0 Å². The molecule has 0 heterocycles. The minimum absolute atomic E-state index is 0.0285. The number of anilines is 1. The average molecular weight is 341 g/mol. The summed E-state index contributed by atoms with van der Waals surface area (Å²) in [5.41, 5.74) is 0.693. The van der Waals surface area contributed by atoms with Crippen molar-refractivity contribution in [3.63, 3.8) is 0 Å². The maximum absolute atomic E-state index is 11.8. The highest BCUT2D eigenvalue weighted by atomic mass is 79.9. The summed E-state index contributed by atoms with van der Waals surface area (Å²) in [6, 6.07) is 6.99. The first kappa shape index (κ1) is 14.8. The number of urea groups is 1. The van der Waals surface area contributed by atoms with E-state index in [0.29, 0.717) is 18.7 Å². The molecule has 0 radical (unpaired) electrons.